The van der Waals surface area contributed by atoms with Gasteiger partial charge in [0, 0.05) is 0 Å². The molecule has 3 rings (SSSR count). The Morgan fingerprint density at radius 2 is 1.97 bits per heavy atom. The zero-order valence-corrected chi connectivity index (χ0v) is 16.9. The van der Waals surface area contributed by atoms with Crippen LogP contribution in [0.2, 0.25) is 0 Å². The van der Waals surface area contributed by atoms with Crippen LogP contribution in [0.1, 0.15) is 42.5 Å². The van der Waals surface area contributed by atoms with Crippen molar-refractivity contribution in [2.75, 3.05) is 13.2 Å². The Balaban J connectivity index is 1.56. The molecule has 2 aromatic carbocycles. The molecule has 1 atom stereocenters. The Kier molecular flexibility index (Phi) is 7.23. The maximum atomic E-state index is 12.3. The molecule has 2 aromatic rings. The molecule has 0 aliphatic heterocycles. The molecule has 1 N–H and O–H groups in total. The van der Waals surface area contributed by atoms with Crippen LogP contribution in [0.3, 0.4) is 0 Å². The van der Waals surface area contributed by atoms with E-state index in [1.54, 1.807) is 24.3 Å². The predicted molar refractivity (Wildman–Crippen MR) is 112 cm³/mol. The maximum Gasteiger partial charge on any atom is 0.349 e. The van der Waals surface area contributed by atoms with E-state index in [0.29, 0.717) is 17.9 Å². The van der Waals surface area contributed by atoms with Gasteiger partial charge in [-0.1, -0.05) is 36.4 Å². The van der Waals surface area contributed by atoms with Gasteiger partial charge in [-0.25, -0.2) is 4.79 Å². The van der Waals surface area contributed by atoms with Gasteiger partial charge in [0.05, 0.1) is 12.6 Å². The summed E-state index contributed by atoms with van der Waals surface area (Å²) < 4.78 is 10.4. The number of fused-ring (bicyclic) bond motifs is 1. The predicted octanol–water partition coefficient (Wildman–Crippen LogP) is 3.73. The van der Waals surface area contributed by atoms with Gasteiger partial charge >= 0.3 is 5.97 Å². The average molecular weight is 404 g/mol. The lowest BCUT2D eigenvalue weighted by atomic mass is 9.88. The molecule has 6 nitrogen and oxygen atoms in total. The quantitative estimate of drug-likeness (QED) is 0.432. The second-order valence-corrected chi connectivity index (χ2v) is 6.96. The summed E-state index contributed by atoms with van der Waals surface area (Å²) in [6, 6.07) is 16.8. The topological polar surface area (TPSA) is 88.4 Å². The van der Waals surface area contributed by atoms with Crippen molar-refractivity contribution in [2.24, 2.45) is 0 Å². The number of ether oxygens (including phenoxy) is 2. The van der Waals surface area contributed by atoms with Crippen LogP contribution in [0.4, 0.5) is 0 Å². The zero-order chi connectivity index (χ0) is 21.3. The molecule has 154 valence electrons. The summed E-state index contributed by atoms with van der Waals surface area (Å²) in [5, 5.41) is 12.2. The molecule has 1 aliphatic rings. The van der Waals surface area contributed by atoms with Gasteiger partial charge in [-0.2, -0.15) is 5.26 Å². The van der Waals surface area contributed by atoms with Gasteiger partial charge in [-0.05, 0) is 61.1 Å². The second kappa shape index (κ2) is 10.3. The molecule has 0 spiro atoms. The molecule has 0 saturated carbocycles. The summed E-state index contributed by atoms with van der Waals surface area (Å²) >= 11 is 0. The van der Waals surface area contributed by atoms with Crippen LogP contribution in [0.15, 0.2) is 54.1 Å². The fourth-order valence-electron chi connectivity index (χ4n) is 3.48. The Morgan fingerprint density at radius 3 is 2.70 bits per heavy atom. The second-order valence-electron chi connectivity index (χ2n) is 6.96. The Bertz CT molecular complexity index is 973. The first-order valence-corrected chi connectivity index (χ1v) is 9.99. The minimum atomic E-state index is -0.828. The van der Waals surface area contributed by atoms with Gasteiger partial charge in [-0.15, -0.1) is 0 Å². The zero-order valence-electron chi connectivity index (χ0n) is 16.9. The number of hydrogen-bond acceptors (Lipinski definition) is 5. The van der Waals surface area contributed by atoms with Crippen molar-refractivity contribution >= 4 is 18.0 Å². The summed E-state index contributed by atoms with van der Waals surface area (Å²) in [6.07, 6.45) is 4.26. The van der Waals surface area contributed by atoms with Gasteiger partial charge in [0.15, 0.2) is 6.61 Å². The Labute approximate surface area is 176 Å². The van der Waals surface area contributed by atoms with Crippen LogP contribution in [0.5, 0.6) is 5.75 Å². The van der Waals surface area contributed by atoms with Crippen LogP contribution in [0.25, 0.3) is 6.08 Å². The monoisotopic (exact) mass is 404 g/mol. The van der Waals surface area contributed by atoms with Crippen molar-refractivity contribution in [2.45, 2.75) is 32.2 Å². The fourth-order valence-corrected chi connectivity index (χ4v) is 3.48. The first kappa shape index (κ1) is 21.1. The number of rotatable bonds is 7. The van der Waals surface area contributed by atoms with E-state index in [1.807, 2.05) is 31.2 Å². The number of nitrogens with one attached hydrogen (secondary N) is 1. The van der Waals surface area contributed by atoms with Gasteiger partial charge < -0.3 is 14.8 Å². The van der Waals surface area contributed by atoms with E-state index < -0.39 is 12.6 Å². The number of hydrogen-bond donors (Lipinski definition) is 1. The van der Waals surface area contributed by atoms with Crippen LogP contribution in [0, 0.1) is 11.3 Å². The van der Waals surface area contributed by atoms with E-state index in [2.05, 4.69) is 11.4 Å². The maximum absolute atomic E-state index is 12.3. The average Bonchev–Trinajstić information content (AvgIpc) is 2.77. The number of aryl methyl sites for hydroxylation is 1. The van der Waals surface area contributed by atoms with E-state index in [1.165, 1.54) is 11.6 Å². The summed E-state index contributed by atoms with van der Waals surface area (Å²) in [5.41, 5.74) is 2.83. The van der Waals surface area contributed by atoms with Crippen LogP contribution in [-0.2, 0) is 20.7 Å². The smallest absolute Gasteiger partial charge is 0.349 e. The lowest BCUT2D eigenvalue weighted by Crippen LogP contribution is -2.34. The largest absolute Gasteiger partial charge is 0.494 e. The first-order chi connectivity index (χ1) is 14.6. The minimum Gasteiger partial charge on any atom is -0.494 e. The molecule has 0 fully saturated rings. The summed E-state index contributed by atoms with van der Waals surface area (Å²) in [7, 11) is 0. The number of nitriles is 1. The van der Waals surface area contributed by atoms with Gasteiger partial charge in [-0.3, -0.25) is 4.79 Å². The summed E-state index contributed by atoms with van der Waals surface area (Å²) in [4.78, 5) is 24.5. The minimum absolute atomic E-state index is 0.0871. The number of carbonyl (C=O) groups excluding carboxylic acids is 2. The number of esters is 1. The van der Waals surface area contributed by atoms with Crippen molar-refractivity contribution in [1.29, 1.82) is 5.26 Å². The van der Waals surface area contributed by atoms with E-state index in [0.717, 1.165) is 24.8 Å². The van der Waals surface area contributed by atoms with Crippen molar-refractivity contribution in [1.82, 2.24) is 5.32 Å². The molecule has 0 unspecified atom stereocenters. The molecule has 0 saturated heterocycles. The van der Waals surface area contributed by atoms with Crippen molar-refractivity contribution in [3.63, 3.8) is 0 Å². The van der Waals surface area contributed by atoms with E-state index in [4.69, 9.17) is 9.47 Å². The molecule has 1 amide bonds. The highest BCUT2D eigenvalue weighted by Crippen LogP contribution is 2.29. The third-order valence-corrected chi connectivity index (χ3v) is 4.88. The number of carbonyl (C=O) groups is 2. The van der Waals surface area contributed by atoms with Crippen LogP contribution in [-0.4, -0.2) is 25.1 Å². The van der Waals surface area contributed by atoms with E-state index in [9.17, 15) is 14.9 Å². The van der Waals surface area contributed by atoms with Gasteiger partial charge in [0.2, 0.25) is 0 Å². The third kappa shape index (κ3) is 5.48. The van der Waals surface area contributed by atoms with Crippen LogP contribution >= 0.6 is 0 Å². The molecular weight excluding hydrogens is 380 g/mol. The number of benzene rings is 2. The third-order valence-electron chi connectivity index (χ3n) is 4.88. The Morgan fingerprint density at radius 1 is 1.20 bits per heavy atom. The lowest BCUT2D eigenvalue weighted by Gasteiger charge is -2.26. The van der Waals surface area contributed by atoms with Crippen molar-refractivity contribution in [3.8, 4) is 11.8 Å². The molecular formula is C24H24N2O4. The molecule has 30 heavy (non-hydrogen) atoms. The lowest BCUT2D eigenvalue weighted by molar-refractivity contribution is -0.144. The SMILES string of the molecule is CCOc1ccc(/C=C(\C#N)C(=O)OCC(=O)N[C@H]2CCCc3ccccc32)cc1. The highest BCUT2D eigenvalue weighted by Gasteiger charge is 2.22. The van der Waals surface area contributed by atoms with Crippen molar-refractivity contribution in [3.05, 3.63) is 70.8 Å². The molecule has 6 heteroatoms. The molecule has 0 heterocycles. The van der Waals surface area contributed by atoms with E-state index in [-0.39, 0.29) is 17.5 Å². The first-order valence-electron chi connectivity index (χ1n) is 9.99. The number of nitrogens with zero attached hydrogens (tertiary/aromatic N) is 1. The molecule has 1 aliphatic carbocycles. The summed E-state index contributed by atoms with van der Waals surface area (Å²) in [5.74, 6) is -0.509. The highest BCUT2D eigenvalue weighted by atomic mass is 16.5. The number of amides is 1. The summed E-state index contributed by atoms with van der Waals surface area (Å²) in [6.45, 7) is 2.01. The highest BCUT2D eigenvalue weighted by molar-refractivity contribution is 5.98. The van der Waals surface area contributed by atoms with Gasteiger partial charge in [0.1, 0.15) is 17.4 Å². The van der Waals surface area contributed by atoms with Gasteiger partial charge in [0.25, 0.3) is 5.91 Å². The normalized spacial score (nSPS) is 15.5. The van der Waals surface area contributed by atoms with E-state index >= 15 is 0 Å². The standard InChI is InChI=1S/C24H24N2O4/c1-2-29-20-12-10-17(11-13-20)14-19(15-25)24(28)30-16-23(27)26-22-9-5-7-18-6-3-4-8-21(18)22/h3-4,6,8,10-14,22H,2,5,7,9,16H2,1H3,(H,26,27)/b19-14+/t22-/m0/s1. The van der Waals surface area contributed by atoms with Crippen LogP contribution < -0.4 is 10.1 Å². The Hall–Kier alpha value is -3.59. The molecule has 0 radical (unpaired) electrons. The molecule has 0 bridgehead atoms. The fraction of sp³-hybridized carbons (Fsp3) is 0.292. The van der Waals surface area contributed by atoms with Crippen molar-refractivity contribution < 1.29 is 19.1 Å². The molecule has 0 aromatic heterocycles.